The van der Waals surface area contributed by atoms with Gasteiger partial charge in [0.25, 0.3) is 0 Å². The van der Waals surface area contributed by atoms with E-state index in [1.165, 1.54) is 4.90 Å². The number of carbonyl (C=O) groups is 1. The Labute approximate surface area is 186 Å². The summed E-state index contributed by atoms with van der Waals surface area (Å²) >= 11 is 11.9. The van der Waals surface area contributed by atoms with Gasteiger partial charge in [0, 0.05) is 37.4 Å². The summed E-state index contributed by atoms with van der Waals surface area (Å²) in [6.45, 7) is 0.762. The van der Waals surface area contributed by atoms with E-state index in [9.17, 15) is 18.0 Å². The summed E-state index contributed by atoms with van der Waals surface area (Å²) in [5.74, 6) is 0. The minimum Gasteiger partial charge on any atom is -0.388 e. The van der Waals surface area contributed by atoms with E-state index in [-0.39, 0.29) is 10.7 Å². The van der Waals surface area contributed by atoms with Crippen LogP contribution in [-0.4, -0.2) is 35.3 Å². The number of amides is 2. The molecule has 0 radical (unpaired) electrons. The van der Waals surface area contributed by atoms with Crippen LogP contribution in [0.2, 0.25) is 10.0 Å². The van der Waals surface area contributed by atoms with E-state index in [4.69, 9.17) is 28.0 Å². The lowest BCUT2D eigenvalue weighted by Gasteiger charge is -2.37. The molecule has 1 saturated heterocycles. The summed E-state index contributed by atoms with van der Waals surface area (Å²) in [6.07, 6.45) is -2.80. The Morgan fingerprint density at radius 2 is 1.77 bits per heavy atom. The average molecular weight is 472 g/mol. The number of benzene rings is 2. The van der Waals surface area contributed by atoms with Crippen molar-refractivity contribution in [2.24, 2.45) is 5.16 Å². The maximum Gasteiger partial charge on any atom is 0.416 e. The Balaban J connectivity index is 1.36. The molecule has 2 aromatic rings. The third-order valence-corrected chi connectivity index (χ3v) is 6.10. The molecule has 4 rings (SSSR count). The second-order valence-electron chi connectivity index (χ2n) is 7.61. The molecule has 164 valence electrons. The summed E-state index contributed by atoms with van der Waals surface area (Å²) in [6, 6.07) is 9.65. The van der Waals surface area contributed by atoms with Gasteiger partial charge in [0.1, 0.15) is 5.60 Å². The van der Waals surface area contributed by atoms with Gasteiger partial charge in [0.15, 0.2) is 0 Å². The quantitative estimate of drug-likeness (QED) is 0.566. The first-order chi connectivity index (χ1) is 14.7. The monoisotopic (exact) mass is 471 g/mol. The van der Waals surface area contributed by atoms with Gasteiger partial charge in [0.05, 0.1) is 22.0 Å². The summed E-state index contributed by atoms with van der Waals surface area (Å²) in [7, 11) is 0. The Bertz CT molecular complexity index is 1020. The number of hydrogen-bond acceptors (Lipinski definition) is 3. The normalized spacial score (nSPS) is 18.0. The van der Waals surface area contributed by atoms with Crippen LogP contribution < -0.4 is 5.32 Å². The van der Waals surface area contributed by atoms with Crippen molar-refractivity contribution in [3.8, 4) is 0 Å². The van der Waals surface area contributed by atoms with Gasteiger partial charge in [-0.25, -0.2) is 4.79 Å². The molecule has 1 spiro atoms. The molecule has 2 heterocycles. The first kappa shape index (κ1) is 21.8. The van der Waals surface area contributed by atoms with Crippen LogP contribution in [-0.2, 0) is 11.0 Å². The standard InChI is InChI=1S/C21H18Cl2F3N3O2/c22-15-4-1-13(2-5-15)18-12-20(31-28-18)7-9-29(10-8-20)19(30)27-17-11-14(21(24,25)26)3-6-16(17)23/h1-6,11H,7-10,12H2,(H,27,30). The van der Waals surface area contributed by atoms with E-state index < -0.39 is 23.4 Å². The third-order valence-electron chi connectivity index (χ3n) is 5.51. The van der Waals surface area contributed by atoms with Crippen molar-refractivity contribution in [3.05, 3.63) is 63.6 Å². The van der Waals surface area contributed by atoms with Crippen LogP contribution in [0.1, 0.15) is 30.4 Å². The largest absolute Gasteiger partial charge is 0.416 e. The molecule has 0 atom stereocenters. The van der Waals surface area contributed by atoms with E-state index in [0.717, 1.165) is 29.5 Å². The maximum absolute atomic E-state index is 12.9. The van der Waals surface area contributed by atoms with Gasteiger partial charge in [0.2, 0.25) is 0 Å². The van der Waals surface area contributed by atoms with Crippen LogP contribution in [0.3, 0.4) is 0 Å². The zero-order valence-electron chi connectivity index (χ0n) is 16.2. The van der Waals surface area contributed by atoms with Gasteiger partial charge < -0.3 is 15.1 Å². The number of hydrogen-bond donors (Lipinski definition) is 1. The predicted octanol–water partition coefficient (Wildman–Crippen LogP) is 6.20. The highest BCUT2D eigenvalue weighted by Crippen LogP contribution is 2.37. The Hall–Kier alpha value is -2.45. The number of rotatable bonds is 2. The molecule has 5 nitrogen and oxygen atoms in total. The fraction of sp³-hybridized carbons (Fsp3) is 0.333. The van der Waals surface area contributed by atoms with Gasteiger partial charge in [-0.15, -0.1) is 0 Å². The molecule has 0 aliphatic carbocycles. The third kappa shape index (κ3) is 4.75. The SMILES string of the molecule is O=C(Nc1cc(C(F)(F)F)ccc1Cl)N1CCC2(CC1)CC(c1ccc(Cl)cc1)=NO2. The molecular formula is C21H18Cl2F3N3O2. The number of anilines is 1. The molecule has 1 fully saturated rings. The number of urea groups is 1. The summed E-state index contributed by atoms with van der Waals surface area (Å²) in [5, 5.41) is 7.38. The number of likely N-dealkylation sites (tertiary alicyclic amines) is 1. The van der Waals surface area contributed by atoms with Crippen molar-refractivity contribution in [2.75, 3.05) is 18.4 Å². The van der Waals surface area contributed by atoms with Gasteiger partial charge in [-0.1, -0.05) is 40.5 Å². The molecular weight excluding hydrogens is 454 g/mol. The average Bonchev–Trinajstić information content (AvgIpc) is 3.13. The molecule has 31 heavy (non-hydrogen) atoms. The zero-order chi connectivity index (χ0) is 22.2. The highest BCUT2D eigenvalue weighted by Gasteiger charge is 2.43. The first-order valence-electron chi connectivity index (χ1n) is 9.59. The second kappa shape index (κ2) is 8.24. The van der Waals surface area contributed by atoms with Crippen molar-refractivity contribution < 1.29 is 22.8 Å². The zero-order valence-corrected chi connectivity index (χ0v) is 17.7. The van der Waals surface area contributed by atoms with Crippen LogP contribution in [0, 0.1) is 0 Å². The van der Waals surface area contributed by atoms with Crippen molar-refractivity contribution in [1.82, 2.24) is 4.90 Å². The van der Waals surface area contributed by atoms with Crippen molar-refractivity contribution in [2.45, 2.75) is 31.0 Å². The van der Waals surface area contributed by atoms with E-state index in [1.54, 1.807) is 12.1 Å². The minimum atomic E-state index is -4.52. The maximum atomic E-state index is 12.9. The summed E-state index contributed by atoms with van der Waals surface area (Å²) in [5.41, 5.74) is 0.314. The number of alkyl halides is 3. The van der Waals surface area contributed by atoms with Gasteiger partial charge in [-0.05, 0) is 35.9 Å². The van der Waals surface area contributed by atoms with E-state index in [0.29, 0.717) is 37.4 Å². The lowest BCUT2D eigenvalue weighted by molar-refractivity contribution is -0.137. The smallest absolute Gasteiger partial charge is 0.388 e. The Morgan fingerprint density at radius 3 is 2.42 bits per heavy atom. The van der Waals surface area contributed by atoms with Gasteiger partial charge in [-0.2, -0.15) is 13.2 Å². The van der Waals surface area contributed by atoms with Crippen LogP contribution in [0.5, 0.6) is 0 Å². The molecule has 1 N–H and O–H groups in total. The highest BCUT2D eigenvalue weighted by molar-refractivity contribution is 6.33. The van der Waals surface area contributed by atoms with Crippen molar-refractivity contribution in [3.63, 3.8) is 0 Å². The molecule has 2 amide bonds. The minimum absolute atomic E-state index is 0.0370. The predicted molar refractivity (Wildman–Crippen MR) is 113 cm³/mol. The molecule has 0 unspecified atom stereocenters. The molecule has 0 saturated carbocycles. The fourth-order valence-corrected chi connectivity index (χ4v) is 3.99. The highest BCUT2D eigenvalue weighted by atomic mass is 35.5. The second-order valence-corrected chi connectivity index (χ2v) is 8.45. The lowest BCUT2D eigenvalue weighted by Crippen LogP contribution is -2.48. The lowest BCUT2D eigenvalue weighted by atomic mass is 9.85. The van der Waals surface area contributed by atoms with Gasteiger partial charge >= 0.3 is 12.2 Å². The number of oxime groups is 1. The summed E-state index contributed by atoms with van der Waals surface area (Å²) < 4.78 is 38.8. The van der Waals surface area contributed by atoms with Gasteiger partial charge in [-0.3, -0.25) is 0 Å². The van der Waals surface area contributed by atoms with Crippen LogP contribution in [0.4, 0.5) is 23.7 Å². The molecule has 0 bridgehead atoms. The number of nitrogens with zero attached hydrogens (tertiary/aromatic N) is 2. The fourth-order valence-electron chi connectivity index (χ4n) is 3.70. The number of nitrogens with one attached hydrogen (secondary N) is 1. The topological polar surface area (TPSA) is 53.9 Å². The first-order valence-corrected chi connectivity index (χ1v) is 10.3. The number of carbonyl (C=O) groups excluding carboxylic acids is 1. The molecule has 0 aromatic heterocycles. The molecule has 2 aromatic carbocycles. The van der Waals surface area contributed by atoms with E-state index >= 15 is 0 Å². The van der Waals surface area contributed by atoms with Crippen LogP contribution in [0.25, 0.3) is 0 Å². The molecule has 10 heteroatoms. The Kier molecular flexibility index (Phi) is 5.79. The van der Waals surface area contributed by atoms with Crippen LogP contribution in [0.15, 0.2) is 47.6 Å². The van der Waals surface area contributed by atoms with Crippen molar-refractivity contribution in [1.29, 1.82) is 0 Å². The number of halogens is 5. The van der Waals surface area contributed by atoms with Crippen LogP contribution >= 0.6 is 23.2 Å². The molecule has 2 aliphatic heterocycles. The molecule has 2 aliphatic rings. The van der Waals surface area contributed by atoms with E-state index in [2.05, 4.69) is 10.5 Å². The summed E-state index contributed by atoms with van der Waals surface area (Å²) in [4.78, 5) is 19.9. The Morgan fingerprint density at radius 1 is 1.10 bits per heavy atom. The van der Waals surface area contributed by atoms with Crippen molar-refractivity contribution >= 4 is 40.6 Å². The number of piperidine rings is 1. The van der Waals surface area contributed by atoms with E-state index in [1.807, 2.05) is 12.1 Å².